The van der Waals surface area contributed by atoms with Crippen molar-refractivity contribution in [1.82, 2.24) is 4.98 Å². The summed E-state index contributed by atoms with van der Waals surface area (Å²) in [6.45, 7) is 2.12. The Kier molecular flexibility index (Phi) is 3.61. The van der Waals surface area contributed by atoms with Crippen LogP contribution in [-0.2, 0) is 6.42 Å². The number of hydrogen-bond acceptors (Lipinski definition) is 3. The molecule has 84 valence electrons. The van der Waals surface area contributed by atoms with Gasteiger partial charge in [0, 0.05) is 10.9 Å². The monoisotopic (exact) mass is 297 g/mol. The van der Waals surface area contributed by atoms with Crippen molar-refractivity contribution in [3.63, 3.8) is 0 Å². The number of hydrogen-bond donors (Lipinski definition) is 0. The lowest BCUT2D eigenvalue weighted by atomic mass is 10.1. The van der Waals surface area contributed by atoms with Gasteiger partial charge in [-0.3, -0.25) is 0 Å². The van der Waals surface area contributed by atoms with E-state index in [9.17, 15) is 0 Å². The molecule has 1 aromatic heterocycles. The van der Waals surface area contributed by atoms with Crippen LogP contribution in [0.4, 0.5) is 0 Å². The molecule has 0 spiro atoms. The minimum atomic E-state index is 0.913. The van der Waals surface area contributed by atoms with Crippen molar-refractivity contribution in [2.75, 3.05) is 7.11 Å². The molecule has 0 saturated carbocycles. The van der Waals surface area contributed by atoms with E-state index in [0.717, 1.165) is 27.3 Å². The Bertz CT molecular complexity index is 496. The highest BCUT2D eigenvalue weighted by atomic mass is 79.9. The third-order valence-electron chi connectivity index (χ3n) is 2.43. The van der Waals surface area contributed by atoms with Gasteiger partial charge < -0.3 is 4.74 Å². The molecule has 2 rings (SSSR count). The maximum absolute atomic E-state index is 5.31. The Morgan fingerprint density at radius 1 is 1.44 bits per heavy atom. The van der Waals surface area contributed by atoms with E-state index in [1.165, 1.54) is 5.56 Å². The van der Waals surface area contributed by atoms with Crippen LogP contribution < -0.4 is 4.74 Å². The van der Waals surface area contributed by atoms with Crippen molar-refractivity contribution in [3.8, 4) is 17.0 Å². The fraction of sp³-hybridized carbons (Fsp3) is 0.250. The van der Waals surface area contributed by atoms with Crippen LogP contribution in [0.5, 0.6) is 5.75 Å². The standard InChI is InChI=1S/C12H12BrNOS/c1-3-8-6-9(4-5-11(8)15-2)10-7-16-12(13)14-10/h4-7H,3H2,1-2H3. The molecule has 2 nitrogen and oxygen atoms in total. The number of nitrogens with zero attached hydrogens (tertiary/aromatic N) is 1. The van der Waals surface area contributed by atoms with Gasteiger partial charge in [0.1, 0.15) is 5.75 Å². The summed E-state index contributed by atoms with van der Waals surface area (Å²) < 4.78 is 6.22. The molecule has 0 N–H and O–H groups in total. The van der Waals surface area contributed by atoms with E-state index >= 15 is 0 Å². The summed E-state index contributed by atoms with van der Waals surface area (Å²) in [5.74, 6) is 0.945. The lowest BCUT2D eigenvalue weighted by molar-refractivity contribution is 0.410. The van der Waals surface area contributed by atoms with Crippen LogP contribution in [0.3, 0.4) is 0 Å². The third kappa shape index (κ3) is 2.28. The lowest BCUT2D eigenvalue weighted by Crippen LogP contribution is -1.91. The van der Waals surface area contributed by atoms with E-state index in [1.54, 1.807) is 18.4 Å². The Labute approximate surface area is 107 Å². The molecule has 0 fully saturated rings. The Hall–Kier alpha value is -0.870. The van der Waals surface area contributed by atoms with Crippen LogP contribution in [0, 0.1) is 0 Å². The summed E-state index contributed by atoms with van der Waals surface area (Å²) in [5, 5.41) is 2.05. The van der Waals surface area contributed by atoms with Crippen LogP contribution in [0.25, 0.3) is 11.3 Å². The van der Waals surface area contributed by atoms with Crippen LogP contribution in [0.1, 0.15) is 12.5 Å². The molecule has 0 amide bonds. The minimum absolute atomic E-state index is 0.913. The highest BCUT2D eigenvalue weighted by Gasteiger charge is 2.06. The van der Waals surface area contributed by atoms with Crippen molar-refractivity contribution in [2.45, 2.75) is 13.3 Å². The fourth-order valence-corrected chi connectivity index (χ4v) is 2.62. The minimum Gasteiger partial charge on any atom is -0.496 e. The van der Waals surface area contributed by atoms with Crippen LogP contribution in [0.15, 0.2) is 27.5 Å². The van der Waals surface area contributed by atoms with Gasteiger partial charge in [-0.1, -0.05) is 6.92 Å². The maximum atomic E-state index is 5.31. The van der Waals surface area contributed by atoms with Gasteiger partial charge in [0.25, 0.3) is 0 Å². The van der Waals surface area contributed by atoms with Gasteiger partial charge in [-0.15, -0.1) is 11.3 Å². The van der Waals surface area contributed by atoms with Gasteiger partial charge in [0.05, 0.1) is 12.8 Å². The molecule has 0 radical (unpaired) electrons. The number of thiazole rings is 1. The fourth-order valence-electron chi connectivity index (χ4n) is 1.60. The molecule has 0 aliphatic rings. The molecule has 0 aliphatic heterocycles. The van der Waals surface area contributed by atoms with Crippen molar-refractivity contribution >= 4 is 27.3 Å². The summed E-state index contributed by atoms with van der Waals surface area (Å²) in [6, 6.07) is 6.18. The second kappa shape index (κ2) is 4.97. The molecule has 2 aromatic rings. The molecular weight excluding hydrogens is 286 g/mol. The molecule has 16 heavy (non-hydrogen) atoms. The first-order valence-corrected chi connectivity index (χ1v) is 6.70. The smallest absolute Gasteiger partial charge is 0.159 e. The van der Waals surface area contributed by atoms with E-state index in [1.807, 2.05) is 17.5 Å². The summed E-state index contributed by atoms with van der Waals surface area (Å²) in [7, 11) is 1.70. The van der Waals surface area contributed by atoms with Crippen LogP contribution in [0.2, 0.25) is 0 Å². The molecule has 1 heterocycles. The van der Waals surface area contributed by atoms with E-state index < -0.39 is 0 Å². The van der Waals surface area contributed by atoms with Gasteiger partial charge >= 0.3 is 0 Å². The zero-order valence-corrected chi connectivity index (χ0v) is 11.6. The molecule has 0 unspecified atom stereocenters. The van der Waals surface area contributed by atoms with Crippen LogP contribution in [-0.4, -0.2) is 12.1 Å². The summed E-state index contributed by atoms with van der Waals surface area (Å²) in [5.41, 5.74) is 3.36. The molecule has 0 aliphatic carbocycles. The average Bonchev–Trinajstić information content (AvgIpc) is 2.75. The van der Waals surface area contributed by atoms with Gasteiger partial charge in [-0.2, -0.15) is 0 Å². The number of halogens is 1. The molecule has 0 saturated heterocycles. The normalized spacial score (nSPS) is 10.4. The van der Waals surface area contributed by atoms with E-state index in [0.29, 0.717) is 0 Å². The highest BCUT2D eigenvalue weighted by molar-refractivity contribution is 9.11. The first-order valence-electron chi connectivity index (χ1n) is 5.03. The van der Waals surface area contributed by atoms with E-state index in [2.05, 4.69) is 33.9 Å². The van der Waals surface area contributed by atoms with Gasteiger partial charge in [-0.25, -0.2) is 4.98 Å². The molecule has 4 heteroatoms. The molecular formula is C12H12BrNOS. The number of aromatic nitrogens is 1. The Morgan fingerprint density at radius 3 is 2.81 bits per heavy atom. The largest absolute Gasteiger partial charge is 0.496 e. The SMILES string of the molecule is CCc1cc(-c2csc(Br)n2)ccc1OC. The number of rotatable bonds is 3. The van der Waals surface area contributed by atoms with Gasteiger partial charge in [0.15, 0.2) is 3.92 Å². The molecule has 0 atom stereocenters. The number of ether oxygens (including phenoxy) is 1. The summed E-state index contributed by atoms with van der Waals surface area (Å²) in [6.07, 6.45) is 0.961. The first-order chi connectivity index (χ1) is 7.74. The number of methoxy groups -OCH3 is 1. The maximum Gasteiger partial charge on any atom is 0.159 e. The number of aryl methyl sites for hydroxylation is 1. The van der Waals surface area contributed by atoms with Gasteiger partial charge in [0.2, 0.25) is 0 Å². The Balaban J connectivity index is 2.43. The van der Waals surface area contributed by atoms with Crippen molar-refractivity contribution in [3.05, 3.63) is 33.1 Å². The zero-order valence-electron chi connectivity index (χ0n) is 9.16. The quantitative estimate of drug-likeness (QED) is 0.849. The van der Waals surface area contributed by atoms with E-state index in [4.69, 9.17) is 4.74 Å². The van der Waals surface area contributed by atoms with Crippen molar-refractivity contribution in [2.24, 2.45) is 0 Å². The molecule has 0 bridgehead atoms. The zero-order chi connectivity index (χ0) is 11.5. The second-order valence-electron chi connectivity index (χ2n) is 3.37. The Morgan fingerprint density at radius 2 is 2.25 bits per heavy atom. The lowest BCUT2D eigenvalue weighted by Gasteiger charge is -2.07. The van der Waals surface area contributed by atoms with Crippen molar-refractivity contribution < 1.29 is 4.74 Å². The van der Waals surface area contributed by atoms with E-state index in [-0.39, 0.29) is 0 Å². The average molecular weight is 298 g/mol. The summed E-state index contributed by atoms with van der Waals surface area (Å²) >= 11 is 4.97. The van der Waals surface area contributed by atoms with Gasteiger partial charge in [-0.05, 0) is 46.1 Å². The highest BCUT2D eigenvalue weighted by Crippen LogP contribution is 2.29. The third-order valence-corrected chi connectivity index (χ3v) is 3.80. The van der Waals surface area contributed by atoms with Crippen LogP contribution >= 0.6 is 27.3 Å². The number of benzene rings is 1. The predicted octanol–water partition coefficient (Wildman–Crippen LogP) is 4.14. The first kappa shape index (κ1) is 11.6. The topological polar surface area (TPSA) is 22.1 Å². The predicted molar refractivity (Wildman–Crippen MR) is 71.2 cm³/mol. The second-order valence-corrected chi connectivity index (χ2v) is 5.50. The molecule has 1 aromatic carbocycles. The summed E-state index contributed by atoms with van der Waals surface area (Å²) in [4.78, 5) is 4.41. The van der Waals surface area contributed by atoms with Crippen molar-refractivity contribution in [1.29, 1.82) is 0 Å².